The molecule has 1 saturated carbocycles. The van der Waals surface area contributed by atoms with Gasteiger partial charge in [0.1, 0.15) is 0 Å². The van der Waals surface area contributed by atoms with Crippen molar-refractivity contribution < 1.29 is 0 Å². The number of guanidine groups is 1. The largest absolute Gasteiger partial charge is 0.353 e. The minimum Gasteiger partial charge on any atom is -0.353 e. The van der Waals surface area contributed by atoms with E-state index in [4.69, 9.17) is 17.0 Å². The van der Waals surface area contributed by atoms with Crippen molar-refractivity contribution in [2.45, 2.75) is 37.8 Å². The first kappa shape index (κ1) is 10.3. The minimum atomic E-state index is 0.263. The lowest BCUT2D eigenvalue weighted by Gasteiger charge is -2.29. The lowest BCUT2D eigenvalue weighted by atomic mass is 9.92. The Morgan fingerprint density at radius 2 is 2.23 bits per heavy atom. The molecule has 0 aliphatic heterocycles. The summed E-state index contributed by atoms with van der Waals surface area (Å²) in [6.07, 6.45) is 4.27. The highest BCUT2D eigenvalue weighted by Crippen LogP contribution is 2.16. The van der Waals surface area contributed by atoms with Gasteiger partial charge in [-0.25, -0.2) is 5.84 Å². The Morgan fingerprint density at radius 1 is 1.54 bits per heavy atom. The fourth-order valence-electron chi connectivity index (χ4n) is 1.65. The van der Waals surface area contributed by atoms with Crippen LogP contribution in [-0.2, 0) is 0 Å². The molecule has 76 valence electrons. The van der Waals surface area contributed by atoms with E-state index >= 15 is 0 Å². The van der Waals surface area contributed by atoms with Crippen LogP contribution in [0.15, 0.2) is 0 Å². The van der Waals surface area contributed by atoms with Crippen molar-refractivity contribution in [3.63, 3.8) is 0 Å². The van der Waals surface area contributed by atoms with Gasteiger partial charge < -0.3 is 11.1 Å². The first-order valence-corrected chi connectivity index (χ1v) is 4.68. The van der Waals surface area contributed by atoms with Crippen LogP contribution in [0.4, 0.5) is 0 Å². The van der Waals surface area contributed by atoms with Crippen LogP contribution in [0.3, 0.4) is 0 Å². The lowest BCUT2D eigenvalue weighted by Crippen LogP contribution is -2.49. The van der Waals surface area contributed by atoms with Crippen molar-refractivity contribution in [1.29, 1.82) is 5.41 Å². The molecule has 1 aliphatic rings. The Balaban J connectivity index is 2.31. The maximum atomic E-state index is 7.49. The van der Waals surface area contributed by atoms with Crippen molar-refractivity contribution in [3.8, 4) is 0 Å². The number of rotatable bonds is 1. The van der Waals surface area contributed by atoms with Crippen molar-refractivity contribution in [2.75, 3.05) is 7.05 Å². The van der Waals surface area contributed by atoms with Gasteiger partial charge in [-0.05, 0) is 25.7 Å². The van der Waals surface area contributed by atoms with E-state index in [-0.39, 0.29) is 12.0 Å². The Kier molecular flexibility index (Phi) is 3.50. The van der Waals surface area contributed by atoms with Crippen LogP contribution in [0.2, 0.25) is 0 Å². The Bertz CT molecular complexity index is 179. The average molecular weight is 185 g/mol. The van der Waals surface area contributed by atoms with E-state index in [2.05, 4.69) is 5.32 Å². The second-order valence-corrected chi connectivity index (χ2v) is 3.73. The smallest absolute Gasteiger partial charge is 0.205 e. The number of hydrazine groups is 1. The monoisotopic (exact) mass is 185 g/mol. The molecule has 0 heterocycles. The minimum absolute atomic E-state index is 0.263. The zero-order valence-corrected chi connectivity index (χ0v) is 8.09. The van der Waals surface area contributed by atoms with Gasteiger partial charge in [0.25, 0.3) is 0 Å². The van der Waals surface area contributed by atoms with Crippen LogP contribution >= 0.6 is 0 Å². The summed E-state index contributed by atoms with van der Waals surface area (Å²) in [7, 11) is 1.65. The summed E-state index contributed by atoms with van der Waals surface area (Å²) in [5, 5.41) is 11.8. The Hall–Kier alpha value is -0.810. The van der Waals surface area contributed by atoms with Gasteiger partial charge in [0.05, 0.1) is 0 Å². The third kappa shape index (κ3) is 3.20. The predicted molar refractivity (Wildman–Crippen MR) is 53.0 cm³/mol. The van der Waals surface area contributed by atoms with E-state index in [0.29, 0.717) is 6.04 Å². The maximum absolute atomic E-state index is 7.49. The van der Waals surface area contributed by atoms with E-state index in [9.17, 15) is 0 Å². The molecule has 0 radical (unpaired) electrons. The predicted octanol–water partition coefficient (Wildman–Crippen LogP) is -0.414. The second-order valence-electron chi connectivity index (χ2n) is 3.73. The van der Waals surface area contributed by atoms with Gasteiger partial charge in [0.15, 0.2) is 0 Å². The van der Waals surface area contributed by atoms with Gasteiger partial charge in [-0.15, -0.1) is 0 Å². The quantitative estimate of drug-likeness (QED) is 0.193. The highest BCUT2D eigenvalue weighted by molar-refractivity contribution is 5.75. The van der Waals surface area contributed by atoms with Gasteiger partial charge in [-0.3, -0.25) is 10.4 Å². The molecule has 1 rings (SSSR count). The van der Waals surface area contributed by atoms with E-state index in [0.717, 1.165) is 25.7 Å². The molecular weight excluding hydrogens is 166 g/mol. The molecule has 0 aromatic carbocycles. The van der Waals surface area contributed by atoms with E-state index in [1.807, 2.05) is 0 Å². The Morgan fingerprint density at radius 3 is 2.77 bits per heavy atom. The Labute approximate surface area is 78.9 Å². The van der Waals surface area contributed by atoms with Crippen LogP contribution in [0.25, 0.3) is 0 Å². The van der Waals surface area contributed by atoms with E-state index < -0.39 is 0 Å². The van der Waals surface area contributed by atoms with Crippen LogP contribution in [0.5, 0.6) is 0 Å². The molecule has 5 heteroatoms. The number of nitrogens with one attached hydrogen (secondary N) is 2. The van der Waals surface area contributed by atoms with Crippen LogP contribution in [0, 0.1) is 5.41 Å². The number of nitrogens with zero attached hydrogens (tertiary/aromatic N) is 1. The van der Waals surface area contributed by atoms with Crippen molar-refractivity contribution in [2.24, 2.45) is 11.6 Å². The van der Waals surface area contributed by atoms with Gasteiger partial charge in [0.2, 0.25) is 5.96 Å². The van der Waals surface area contributed by atoms with Crippen molar-refractivity contribution >= 4 is 5.96 Å². The topological polar surface area (TPSA) is 91.2 Å². The molecular formula is C8H19N5. The summed E-state index contributed by atoms with van der Waals surface area (Å²) in [6.45, 7) is 0. The SMILES string of the molecule is CN(N)C(=N)NC1CCCC(N)C1. The maximum Gasteiger partial charge on any atom is 0.205 e. The first-order chi connectivity index (χ1) is 6.09. The molecule has 0 bridgehead atoms. The molecule has 0 amide bonds. The number of hydrogen-bond donors (Lipinski definition) is 4. The zero-order valence-electron chi connectivity index (χ0n) is 8.09. The first-order valence-electron chi connectivity index (χ1n) is 4.68. The third-order valence-corrected chi connectivity index (χ3v) is 2.41. The molecule has 0 spiro atoms. The lowest BCUT2D eigenvalue weighted by molar-refractivity contribution is 0.356. The molecule has 0 aromatic heterocycles. The van der Waals surface area contributed by atoms with E-state index in [1.165, 1.54) is 5.01 Å². The van der Waals surface area contributed by atoms with Crippen molar-refractivity contribution in [1.82, 2.24) is 10.3 Å². The fourth-order valence-corrected chi connectivity index (χ4v) is 1.65. The van der Waals surface area contributed by atoms with Gasteiger partial charge in [-0.2, -0.15) is 0 Å². The van der Waals surface area contributed by atoms with E-state index in [1.54, 1.807) is 7.05 Å². The summed E-state index contributed by atoms with van der Waals surface area (Å²) in [6, 6.07) is 0.601. The summed E-state index contributed by atoms with van der Waals surface area (Å²) >= 11 is 0. The highest BCUT2D eigenvalue weighted by atomic mass is 15.5. The average Bonchev–Trinajstić information content (AvgIpc) is 2.04. The van der Waals surface area contributed by atoms with Crippen molar-refractivity contribution in [3.05, 3.63) is 0 Å². The molecule has 2 atom stereocenters. The molecule has 6 N–H and O–H groups in total. The molecule has 0 aromatic rings. The van der Waals surface area contributed by atoms with Gasteiger partial charge >= 0.3 is 0 Å². The molecule has 1 aliphatic carbocycles. The normalized spacial score (nSPS) is 28.2. The number of nitrogens with two attached hydrogens (primary N) is 2. The molecule has 0 saturated heterocycles. The van der Waals surface area contributed by atoms with Crippen LogP contribution < -0.4 is 16.9 Å². The third-order valence-electron chi connectivity index (χ3n) is 2.41. The molecule has 13 heavy (non-hydrogen) atoms. The summed E-state index contributed by atoms with van der Waals surface area (Å²) in [4.78, 5) is 0. The molecule has 1 fully saturated rings. The van der Waals surface area contributed by atoms with Crippen LogP contribution in [0.1, 0.15) is 25.7 Å². The summed E-state index contributed by atoms with van der Waals surface area (Å²) in [5.41, 5.74) is 5.82. The molecule has 5 nitrogen and oxygen atoms in total. The second kappa shape index (κ2) is 4.43. The summed E-state index contributed by atoms with van der Waals surface area (Å²) < 4.78 is 0. The fraction of sp³-hybridized carbons (Fsp3) is 0.875. The molecule has 2 unspecified atom stereocenters. The van der Waals surface area contributed by atoms with Crippen LogP contribution in [-0.4, -0.2) is 30.1 Å². The zero-order chi connectivity index (χ0) is 9.84. The highest BCUT2D eigenvalue weighted by Gasteiger charge is 2.19. The number of hydrogen-bond acceptors (Lipinski definition) is 3. The van der Waals surface area contributed by atoms with Gasteiger partial charge in [-0.1, -0.05) is 0 Å². The van der Waals surface area contributed by atoms with Gasteiger partial charge in [0, 0.05) is 19.1 Å². The summed E-state index contributed by atoms with van der Waals surface area (Å²) in [5.74, 6) is 5.67. The standard InChI is InChI=1S/C8H19N5/c1-13(11)8(10)12-7-4-2-3-6(9)5-7/h6-7H,2-5,9,11H2,1H3,(H2,10,12).